The smallest absolute Gasteiger partial charge is 0.303 e. The largest absolute Gasteiger partial charge is 0.496 e. The summed E-state index contributed by atoms with van der Waals surface area (Å²) in [4.78, 5) is 11.3. The molecular weight excluding hydrogens is 376 g/mol. The van der Waals surface area contributed by atoms with Gasteiger partial charge in [0, 0.05) is 26.7 Å². The molecule has 2 aromatic rings. The van der Waals surface area contributed by atoms with Crippen LogP contribution in [0.5, 0.6) is 5.75 Å². The molecule has 0 N–H and O–H groups in total. The minimum absolute atomic E-state index is 0.394. The lowest BCUT2D eigenvalue weighted by molar-refractivity contribution is -0.269. The van der Waals surface area contributed by atoms with Gasteiger partial charge in [0.1, 0.15) is 5.75 Å². The Labute approximate surface area is 150 Å². The number of carbonyl (C=O) groups is 1. The van der Waals surface area contributed by atoms with E-state index in [2.05, 4.69) is 15.9 Å². The van der Waals surface area contributed by atoms with Crippen molar-refractivity contribution in [1.82, 2.24) is 0 Å². The third kappa shape index (κ3) is 3.27. The fraction of sp³-hybridized carbons (Fsp3) is 0.389. The van der Waals surface area contributed by atoms with Crippen LogP contribution in [0.15, 0.2) is 34.8 Å². The lowest BCUT2D eigenvalue weighted by Crippen LogP contribution is -2.43. The number of hydrogen-bond acceptors (Lipinski definition) is 5. The number of benzene rings is 2. The first-order chi connectivity index (χ1) is 11.4. The molecule has 2 rings (SSSR count). The summed E-state index contributed by atoms with van der Waals surface area (Å²) in [6, 6.07) is 9.62. The van der Waals surface area contributed by atoms with Gasteiger partial charge in [-0.05, 0) is 45.8 Å². The van der Waals surface area contributed by atoms with Crippen LogP contribution in [0.2, 0.25) is 0 Å². The highest BCUT2D eigenvalue weighted by molar-refractivity contribution is 9.10. The number of fused-ring (bicyclic) bond motifs is 1. The summed E-state index contributed by atoms with van der Waals surface area (Å²) in [6.07, 6.45) is -0.621. The van der Waals surface area contributed by atoms with Gasteiger partial charge in [-0.15, -0.1) is 0 Å². The molecule has 6 heteroatoms. The Kier molecular flexibility index (Phi) is 5.85. The maximum absolute atomic E-state index is 11.3. The first kappa shape index (κ1) is 18.7. The summed E-state index contributed by atoms with van der Waals surface area (Å²) in [6.45, 7) is 3.10. The summed E-state index contributed by atoms with van der Waals surface area (Å²) in [5.41, 5.74) is 0.755. The second-order valence-electron chi connectivity index (χ2n) is 5.35. The third-order valence-corrected chi connectivity index (χ3v) is 4.84. The zero-order valence-corrected chi connectivity index (χ0v) is 16.0. The van der Waals surface area contributed by atoms with Crippen molar-refractivity contribution < 1.29 is 23.7 Å². The Balaban J connectivity index is 2.57. The van der Waals surface area contributed by atoms with Crippen LogP contribution in [0, 0.1) is 0 Å². The Hall–Kier alpha value is -1.63. The number of carbonyl (C=O) groups excluding carboxylic acids is 1. The molecule has 0 aliphatic carbocycles. The quantitative estimate of drug-likeness (QED) is 0.545. The minimum atomic E-state index is -1.19. The van der Waals surface area contributed by atoms with Crippen LogP contribution in [-0.4, -0.2) is 33.4 Å². The number of rotatable bonds is 6. The van der Waals surface area contributed by atoms with E-state index >= 15 is 0 Å². The van der Waals surface area contributed by atoms with Gasteiger partial charge in [-0.3, -0.25) is 4.79 Å². The average Bonchev–Trinajstić information content (AvgIpc) is 2.56. The summed E-state index contributed by atoms with van der Waals surface area (Å²) in [5.74, 6) is -0.825. The van der Waals surface area contributed by atoms with Gasteiger partial charge in [-0.2, -0.15) is 0 Å². The molecule has 0 amide bonds. The van der Waals surface area contributed by atoms with Crippen molar-refractivity contribution >= 4 is 32.7 Å². The second-order valence-corrected chi connectivity index (χ2v) is 6.14. The van der Waals surface area contributed by atoms with Gasteiger partial charge in [0.2, 0.25) is 5.79 Å². The molecule has 2 aromatic carbocycles. The molecule has 1 unspecified atom stereocenters. The molecule has 0 saturated carbocycles. The highest BCUT2D eigenvalue weighted by atomic mass is 79.9. The Morgan fingerprint density at radius 1 is 1.12 bits per heavy atom. The number of hydrogen-bond donors (Lipinski definition) is 0. The first-order valence-electron chi connectivity index (χ1n) is 7.43. The molecule has 0 heterocycles. The van der Waals surface area contributed by atoms with Crippen molar-refractivity contribution in [1.29, 1.82) is 0 Å². The number of methoxy groups -OCH3 is 3. The number of esters is 1. The molecule has 0 bridgehead atoms. The van der Waals surface area contributed by atoms with Crippen molar-refractivity contribution in [2.45, 2.75) is 25.7 Å². The molecule has 0 aliphatic rings. The van der Waals surface area contributed by atoms with Crippen molar-refractivity contribution in [2.24, 2.45) is 0 Å². The molecule has 24 heavy (non-hydrogen) atoms. The topological polar surface area (TPSA) is 54.0 Å². The first-order valence-corrected chi connectivity index (χ1v) is 8.23. The van der Waals surface area contributed by atoms with E-state index in [9.17, 15) is 4.79 Å². The van der Waals surface area contributed by atoms with E-state index in [-0.39, 0.29) is 0 Å². The predicted molar refractivity (Wildman–Crippen MR) is 95.1 cm³/mol. The lowest BCUT2D eigenvalue weighted by Gasteiger charge is -2.36. The van der Waals surface area contributed by atoms with Gasteiger partial charge in [-0.25, -0.2) is 0 Å². The van der Waals surface area contributed by atoms with Crippen LogP contribution < -0.4 is 4.74 Å². The second kappa shape index (κ2) is 7.51. The Bertz CT molecular complexity index is 740. The Morgan fingerprint density at radius 3 is 2.33 bits per heavy atom. The third-order valence-electron chi connectivity index (χ3n) is 4.03. The van der Waals surface area contributed by atoms with E-state index in [1.54, 1.807) is 14.0 Å². The average molecular weight is 397 g/mol. The molecule has 0 spiro atoms. The van der Waals surface area contributed by atoms with Crippen LogP contribution in [0.1, 0.15) is 19.4 Å². The van der Waals surface area contributed by atoms with Crippen molar-refractivity contribution in [3.05, 3.63) is 40.4 Å². The van der Waals surface area contributed by atoms with Crippen molar-refractivity contribution in [3.8, 4) is 5.75 Å². The van der Waals surface area contributed by atoms with E-state index in [0.29, 0.717) is 0 Å². The van der Waals surface area contributed by atoms with Crippen LogP contribution >= 0.6 is 15.9 Å². The maximum atomic E-state index is 11.3. The molecule has 1 atom stereocenters. The minimum Gasteiger partial charge on any atom is -0.496 e. The fourth-order valence-corrected chi connectivity index (χ4v) is 3.51. The van der Waals surface area contributed by atoms with Crippen LogP contribution in [-0.2, 0) is 24.8 Å². The van der Waals surface area contributed by atoms with E-state index < -0.39 is 17.9 Å². The van der Waals surface area contributed by atoms with Crippen LogP contribution in [0.25, 0.3) is 10.8 Å². The van der Waals surface area contributed by atoms with Crippen molar-refractivity contribution in [3.63, 3.8) is 0 Å². The van der Waals surface area contributed by atoms with E-state index in [0.717, 1.165) is 26.6 Å². The normalized spacial score (nSPS) is 12.9. The summed E-state index contributed by atoms with van der Waals surface area (Å²) >= 11 is 3.56. The standard InChI is InChI=1S/C18H21BrO5/c1-11(24-12(2)20)18(22-4,23-5)14-7-8-15-13(10-14)6-9-16(21-3)17(15)19/h6-11H,1-5H3. The zero-order chi connectivity index (χ0) is 17.9. The summed E-state index contributed by atoms with van der Waals surface area (Å²) in [5, 5.41) is 1.98. The van der Waals surface area contributed by atoms with Gasteiger partial charge < -0.3 is 18.9 Å². The van der Waals surface area contributed by atoms with Gasteiger partial charge in [0.25, 0.3) is 0 Å². The van der Waals surface area contributed by atoms with E-state index in [4.69, 9.17) is 18.9 Å². The molecular formula is C18H21BrO5. The lowest BCUT2D eigenvalue weighted by atomic mass is 9.97. The SMILES string of the molecule is COc1ccc2cc(C(OC)(OC)C(C)OC(C)=O)ccc2c1Br. The summed E-state index contributed by atoms with van der Waals surface area (Å²) < 4.78 is 22.8. The number of ether oxygens (including phenoxy) is 4. The van der Waals surface area contributed by atoms with Crippen LogP contribution in [0.4, 0.5) is 0 Å². The zero-order valence-electron chi connectivity index (χ0n) is 14.4. The van der Waals surface area contributed by atoms with Gasteiger partial charge >= 0.3 is 5.97 Å². The monoisotopic (exact) mass is 396 g/mol. The highest BCUT2D eigenvalue weighted by Crippen LogP contribution is 2.37. The fourth-order valence-electron chi connectivity index (χ4n) is 2.86. The van der Waals surface area contributed by atoms with Gasteiger partial charge in [0.05, 0.1) is 11.6 Å². The highest BCUT2D eigenvalue weighted by Gasteiger charge is 2.41. The molecule has 0 fully saturated rings. The predicted octanol–water partition coefficient (Wildman–Crippen LogP) is 4.01. The van der Waals surface area contributed by atoms with Gasteiger partial charge in [-0.1, -0.05) is 18.2 Å². The van der Waals surface area contributed by atoms with Crippen molar-refractivity contribution in [2.75, 3.05) is 21.3 Å². The summed E-state index contributed by atoms with van der Waals surface area (Å²) in [7, 11) is 4.68. The number of halogens is 1. The molecule has 0 aromatic heterocycles. The van der Waals surface area contributed by atoms with E-state index in [1.807, 2.05) is 30.3 Å². The van der Waals surface area contributed by atoms with Crippen LogP contribution in [0.3, 0.4) is 0 Å². The molecule has 0 saturated heterocycles. The van der Waals surface area contributed by atoms with Gasteiger partial charge in [0.15, 0.2) is 6.10 Å². The molecule has 130 valence electrons. The van der Waals surface area contributed by atoms with E-state index in [1.165, 1.54) is 21.1 Å². The molecule has 0 radical (unpaired) electrons. The maximum Gasteiger partial charge on any atom is 0.303 e. The molecule has 0 aliphatic heterocycles. The Morgan fingerprint density at radius 2 is 1.79 bits per heavy atom. The molecule has 5 nitrogen and oxygen atoms in total.